The molecule has 6 heteroatoms. The first-order chi connectivity index (χ1) is 8.54. The molecule has 0 saturated carbocycles. The van der Waals surface area contributed by atoms with Crippen LogP contribution in [0, 0.1) is 12.8 Å². The Balaban J connectivity index is 1.91. The lowest BCUT2D eigenvalue weighted by Gasteiger charge is -2.11. The van der Waals surface area contributed by atoms with Gasteiger partial charge in [-0.1, -0.05) is 0 Å². The monoisotopic (exact) mass is 249 g/mol. The summed E-state index contributed by atoms with van der Waals surface area (Å²) >= 11 is 0. The number of hydrogen-bond acceptors (Lipinski definition) is 5. The number of anilines is 1. The molecule has 0 bridgehead atoms. The van der Waals surface area contributed by atoms with Crippen molar-refractivity contribution in [2.24, 2.45) is 5.92 Å². The fraction of sp³-hybridized carbons (Fsp3) is 0.583. The number of likely N-dealkylation sites (tertiary alicyclic amines) is 1. The summed E-state index contributed by atoms with van der Waals surface area (Å²) in [6.45, 7) is 4.61. The third-order valence-corrected chi connectivity index (χ3v) is 3.14. The van der Waals surface area contributed by atoms with E-state index in [1.807, 2.05) is 0 Å². The Bertz CT molecular complexity index is 428. The second-order valence-corrected chi connectivity index (χ2v) is 4.88. The van der Waals surface area contributed by atoms with Gasteiger partial charge in [-0.2, -0.15) is 0 Å². The van der Waals surface area contributed by atoms with E-state index >= 15 is 0 Å². The molecule has 18 heavy (non-hydrogen) atoms. The molecule has 1 aliphatic heterocycles. The van der Waals surface area contributed by atoms with Crippen molar-refractivity contribution < 1.29 is 4.79 Å². The zero-order valence-electron chi connectivity index (χ0n) is 10.8. The van der Waals surface area contributed by atoms with Crippen LogP contribution in [0.5, 0.6) is 0 Å². The fourth-order valence-electron chi connectivity index (χ4n) is 2.23. The summed E-state index contributed by atoms with van der Waals surface area (Å²) in [6.07, 6.45) is 1.13. The van der Waals surface area contributed by atoms with Crippen LogP contribution in [0.4, 0.5) is 5.95 Å². The highest BCUT2D eigenvalue weighted by Crippen LogP contribution is 2.13. The number of aromatic nitrogens is 2. The fourth-order valence-corrected chi connectivity index (χ4v) is 2.23. The molecule has 0 radical (unpaired) electrons. The summed E-state index contributed by atoms with van der Waals surface area (Å²) < 4.78 is 0. The third kappa shape index (κ3) is 3.16. The minimum atomic E-state index is -0.179. The van der Waals surface area contributed by atoms with Gasteiger partial charge in [-0.25, -0.2) is 9.97 Å². The number of carbonyl (C=O) groups excluding carboxylic acids is 1. The van der Waals surface area contributed by atoms with Gasteiger partial charge in [-0.15, -0.1) is 0 Å². The normalized spacial score (nSPS) is 20.0. The van der Waals surface area contributed by atoms with Crippen LogP contribution in [0.3, 0.4) is 0 Å². The maximum atomic E-state index is 11.9. The van der Waals surface area contributed by atoms with E-state index in [0.29, 0.717) is 23.9 Å². The average Bonchev–Trinajstić information content (AvgIpc) is 2.70. The summed E-state index contributed by atoms with van der Waals surface area (Å²) in [6, 6.07) is 1.65. The van der Waals surface area contributed by atoms with Gasteiger partial charge in [0.2, 0.25) is 5.95 Å². The van der Waals surface area contributed by atoms with E-state index in [-0.39, 0.29) is 11.9 Å². The quantitative estimate of drug-likeness (QED) is 0.790. The Hall–Kier alpha value is -1.69. The molecule has 98 valence electrons. The smallest absolute Gasteiger partial charge is 0.270 e. The first-order valence-electron chi connectivity index (χ1n) is 6.12. The van der Waals surface area contributed by atoms with E-state index in [2.05, 4.69) is 27.2 Å². The summed E-state index contributed by atoms with van der Waals surface area (Å²) in [4.78, 5) is 22.1. The van der Waals surface area contributed by atoms with Crippen molar-refractivity contribution in [3.63, 3.8) is 0 Å². The minimum Gasteiger partial charge on any atom is -0.368 e. The number of nitrogens with zero attached hydrogens (tertiary/aromatic N) is 3. The summed E-state index contributed by atoms with van der Waals surface area (Å²) in [5.74, 6) is 0.488. The zero-order chi connectivity index (χ0) is 13.1. The number of carbonyl (C=O) groups is 1. The lowest BCUT2D eigenvalue weighted by molar-refractivity contribution is 0.0942. The molecule has 1 amide bonds. The summed E-state index contributed by atoms with van der Waals surface area (Å²) in [5, 5.41) is 2.90. The molecule has 6 nitrogen and oxygen atoms in total. The highest BCUT2D eigenvalue weighted by atomic mass is 16.1. The van der Waals surface area contributed by atoms with Crippen LogP contribution in [0.25, 0.3) is 0 Å². The van der Waals surface area contributed by atoms with Gasteiger partial charge in [0.15, 0.2) is 0 Å². The minimum absolute atomic E-state index is 0.140. The molecule has 3 N–H and O–H groups in total. The molecule has 2 heterocycles. The standard InChI is InChI=1S/C12H19N5O/c1-8-5-10(16-12(13)15-8)11(18)14-6-9-3-4-17(2)7-9/h5,9H,3-4,6-7H2,1-2H3,(H,14,18)(H2,13,15,16). The molecule has 1 aromatic heterocycles. The maximum Gasteiger partial charge on any atom is 0.270 e. The summed E-state index contributed by atoms with van der Waals surface area (Å²) in [7, 11) is 2.09. The predicted molar refractivity (Wildman–Crippen MR) is 69.1 cm³/mol. The van der Waals surface area contributed by atoms with Crippen LogP contribution >= 0.6 is 0 Å². The van der Waals surface area contributed by atoms with Crippen molar-refractivity contribution in [2.75, 3.05) is 32.4 Å². The zero-order valence-corrected chi connectivity index (χ0v) is 10.8. The Morgan fingerprint density at radius 2 is 2.39 bits per heavy atom. The van der Waals surface area contributed by atoms with Crippen LogP contribution in [-0.4, -0.2) is 47.5 Å². The van der Waals surface area contributed by atoms with Gasteiger partial charge in [-0.05, 0) is 38.9 Å². The number of aryl methyl sites for hydroxylation is 1. The molecule has 1 aliphatic rings. The van der Waals surface area contributed by atoms with Crippen LogP contribution in [-0.2, 0) is 0 Å². The Morgan fingerprint density at radius 3 is 3.00 bits per heavy atom. The second-order valence-electron chi connectivity index (χ2n) is 4.88. The van der Waals surface area contributed by atoms with Crippen molar-refractivity contribution in [1.82, 2.24) is 20.2 Å². The van der Waals surface area contributed by atoms with Crippen molar-refractivity contribution >= 4 is 11.9 Å². The van der Waals surface area contributed by atoms with Gasteiger partial charge in [-0.3, -0.25) is 4.79 Å². The molecule has 1 fully saturated rings. The van der Waals surface area contributed by atoms with Gasteiger partial charge in [0.1, 0.15) is 5.69 Å². The van der Waals surface area contributed by atoms with Crippen LogP contribution in [0.15, 0.2) is 6.07 Å². The number of hydrogen-bond donors (Lipinski definition) is 2. The van der Waals surface area contributed by atoms with Gasteiger partial charge >= 0.3 is 0 Å². The number of rotatable bonds is 3. The molecule has 2 rings (SSSR count). The predicted octanol–water partition coefficient (Wildman–Crippen LogP) is 0.0487. The van der Waals surface area contributed by atoms with Crippen LogP contribution < -0.4 is 11.1 Å². The number of amides is 1. The topological polar surface area (TPSA) is 84.1 Å². The van der Waals surface area contributed by atoms with E-state index in [1.54, 1.807) is 13.0 Å². The van der Waals surface area contributed by atoms with Crippen LogP contribution in [0.1, 0.15) is 22.6 Å². The van der Waals surface area contributed by atoms with Crippen molar-refractivity contribution in [2.45, 2.75) is 13.3 Å². The Morgan fingerprint density at radius 1 is 1.61 bits per heavy atom. The largest absolute Gasteiger partial charge is 0.368 e. The molecular weight excluding hydrogens is 230 g/mol. The molecule has 0 aromatic carbocycles. The third-order valence-electron chi connectivity index (χ3n) is 3.14. The molecule has 1 saturated heterocycles. The summed E-state index contributed by atoms with van der Waals surface area (Å²) in [5.41, 5.74) is 6.57. The van der Waals surface area contributed by atoms with E-state index in [4.69, 9.17) is 5.73 Å². The van der Waals surface area contributed by atoms with Gasteiger partial charge in [0.05, 0.1) is 0 Å². The first-order valence-corrected chi connectivity index (χ1v) is 6.12. The van der Waals surface area contributed by atoms with Gasteiger partial charge < -0.3 is 16.0 Å². The lowest BCUT2D eigenvalue weighted by atomic mass is 10.1. The first kappa shape index (κ1) is 12.8. The van der Waals surface area contributed by atoms with Crippen molar-refractivity contribution in [3.05, 3.63) is 17.5 Å². The van der Waals surface area contributed by atoms with E-state index in [1.165, 1.54) is 0 Å². The SMILES string of the molecule is Cc1cc(C(=O)NCC2CCN(C)C2)nc(N)n1. The highest BCUT2D eigenvalue weighted by Gasteiger charge is 2.20. The number of nitrogens with two attached hydrogens (primary N) is 1. The molecule has 1 aromatic rings. The van der Waals surface area contributed by atoms with E-state index < -0.39 is 0 Å². The number of nitrogens with one attached hydrogen (secondary N) is 1. The molecule has 1 atom stereocenters. The number of nitrogen functional groups attached to an aromatic ring is 1. The molecule has 0 spiro atoms. The highest BCUT2D eigenvalue weighted by molar-refractivity contribution is 5.92. The molecular formula is C12H19N5O. The second kappa shape index (κ2) is 5.30. The van der Waals surface area contributed by atoms with E-state index in [9.17, 15) is 4.79 Å². The molecule has 0 aliphatic carbocycles. The lowest BCUT2D eigenvalue weighted by Crippen LogP contribution is -2.31. The maximum absolute atomic E-state index is 11.9. The molecule has 1 unspecified atom stereocenters. The van der Waals surface area contributed by atoms with E-state index in [0.717, 1.165) is 19.5 Å². The Kier molecular flexibility index (Phi) is 3.76. The van der Waals surface area contributed by atoms with Crippen molar-refractivity contribution in [1.29, 1.82) is 0 Å². The van der Waals surface area contributed by atoms with Crippen molar-refractivity contribution in [3.8, 4) is 0 Å². The Labute approximate surface area is 107 Å². The average molecular weight is 249 g/mol. The van der Waals surface area contributed by atoms with Gasteiger partial charge in [0.25, 0.3) is 5.91 Å². The van der Waals surface area contributed by atoms with Crippen LogP contribution in [0.2, 0.25) is 0 Å². The van der Waals surface area contributed by atoms with Gasteiger partial charge in [0, 0.05) is 18.8 Å².